The number of unbranched alkanes of at least 4 members (excludes halogenated alkanes) is 8. The Balaban J connectivity index is 1.68. The minimum Gasteiger partial charge on any atom is -0.203 e. The molecule has 0 unspecified atom stereocenters. The van der Waals surface area contributed by atoms with E-state index in [0.717, 1.165) is 35.1 Å². The van der Waals surface area contributed by atoms with Crippen molar-refractivity contribution in [1.82, 2.24) is 0 Å². The van der Waals surface area contributed by atoms with Gasteiger partial charge in [-0.25, -0.2) is 8.78 Å². The molecule has 3 heteroatoms. The average Bonchev–Trinajstić information content (AvgIpc) is 3.21. The topological polar surface area (TPSA) is 0 Å². The van der Waals surface area contributed by atoms with E-state index in [1.54, 1.807) is 0 Å². The van der Waals surface area contributed by atoms with Crippen molar-refractivity contribution < 1.29 is 8.78 Å². The van der Waals surface area contributed by atoms with Gasteiger partial charge in [-0.3, -0.25) is 0 Å². The first kappa shape index (κ1) is 23.9. The SMILES string of the molecule is CCCCCCCCc1cc2cc(-c3ccc(CCCCCC)cc3)sc2c(F)c1F. The molecule has 0 aliphatic carbocycles. The van der Waals surface area contributed by atoms with E-state index in [9.17, 15) is 8.78 Å². The van der Waals surface area contributed by atoms with Crippen LogP contribution in [0.3, 0.4) is 0 Å². The Labute approximate surface area is 190 Å². The second kappa shape index (κ2) is 12.3. The lowest BCUT2D eigenvalue weighted by molar-refractivity contribution is 0.503. The van der Waals surface area contributed by atoms with Crippen molar-refractivity contribution >= 4 is 21.4 Å². The standard InChI is InChI=1S/C28H36F2S/c1-3-5-7-9-10-12-14-23-19-24-20-25(31-28(24)27(30)26(23)29)22-17-15-21(16-18-22)13-11-8-6-4-2/h15-20H,3-14H2,1-2H3. The van der Waals surface area contributed by atoms with Gasteiger partial charge in [0.15, 0.2) is 11.6 Å². The van der Waals surface area contributed by atoms with Crippen molar-refractivity contribution in [1.29, 1.82) is 0 Å². The summed E-state index contributed by atoms with van der Waals surface area (Å²) in [4.78, 5) is 1.00. The predicted molar refractivity (Wildman–Crippen MR) is 132 cm³/mol. The van der Waals surface area contributed by atoms with Crippen molar-refractivity contribution in [3.8, 4) is 10.4 Å². The molecule has 1 aromatic heterocycles. The zero-order chi connectivity index (χ0) is 22.1. The molecule has 0 spiro atoms. The summed E-state index contributed by atoms with van der Waals surface area (Å²) in [5.74, 6) is -1.33. The number of aryl methyl sites for hydroxylation is 2. The van der Waals surface area contributed by atoms with Crippen LogP contribution in [0.1, 0.15) is 89.2 Å². The van der Waals surface area contributed by atoms with Gasteiger partial charge in [0.05, 0.1) is 4.70 Å². The molecular weight excluding hydrogens is 406 g/mol. The maximum atomic E-state index is 14.8. The Bertz CT molecular complexity index is 940. The van der Waals surface area contributed by atoms with Gasteiger partial charge in [0, 0.05) is 4.88 Å². The van der Waals surface area contributed by atoms with Crippen LogP contribution in [-0.2, 0) is 12.8 Å². The molecule has 0 N–H and O–H groups in total. The third-order valence-electron chi connectivity index (χ3n) is 6.12. The van der Waals surface area contributed by atoms with Gasteiger partial charge in [0.2, 0.25) is 0 Å². The lowest BCUT2D eigenvalue weighted by atomic mass is 10.0. The Morgan fingerprint density at radius 2 is 1.29 bits per heavy atom. The van der Waals surface area contributed by atoms with Crippen molar-refractivity contribution in [2.75, 3.05) is 0 Å². The van der Waals surface area contributed by atoms with Gasteiger partial charge in [-0.2, -0.15) is 0 Å². The minimum absolute atomic E-state index is 0.433. The van der Waals surface area contributed by atoms with Crippen LogP contribution in [0.5, 0.6) is 0 Å². The highest BCUT2D eigenvalue weighted by atomic mass is 32.1. The molecule has 0 aliphatic rings. The van der Waals surface area contributed by atoms with Gasteiger partial charge in [-0.1, -0.05) is 89.5 Å². The largest absolute Gasteiger partial charge is 0.203 e. The highest BCUT2D eigenvalue weighted by Crippen LogP contribution is 2.37. The highest BCUT2D eigenvalue weighted by molar-refractivity contribution is 7.22. The van der Waals surface area contributed by atoms with Gasteiger partial charge >= 0.3 is 0 Å². The van der Waals surface area contributed by atoms with E-state index in [1.165, 1.54) is 68.3 Å². The highest BCUT2D eigenvalue weighted by Gasteiger charge is 2.16. The Hall–Kier alpha value is -1.74. The van der Waals surface area contributed by atoms with Gasteiger partial charge < -0.3 is 0 Å². The van der Waals surface area contributed by atoms with Crippen LogP contribution in [0.15, 0.2) is 36.4 Å². The van der Waals surface area contributed by atoms with E-state index >= 15 is 0 Å². The smallest absolute Gasteiger partial charge is 0.176 e. The van der Waals surface area contributed by atoms with E-state index in [0.29, 0.717) is 16.7 Å². The van der Waals surface area contributed by atoms with E-state index in [4.69, 9.17) is 0 Å². The molecule has 3 aromatic rings. The lowest BCUT2D eigenvalue weighted by Crippen LogP contribution is -1.95. The third-order valence-corrected chi connectivity index (χ3v) is 7.31. The Morgan fingerprint density at radius 1 is 0.677 bits per heavy atom. The molecule has 2 aromatic carbocycles. The fourth-order valence-electron chi connectivity index (χ4n) is 4.19. The molecule has 0 saturated carbocycles. The van der Waals surface area contributed by atoms with Crippen LogP contribution >= 0.6 is 11.3 Å². The van der Waals surface area contributed by atoms with Gasteiger partial charge in [-0.15, -0.1) is 11.3 Å². The van der Waals surface area contributed by atoms with Crippen molar-refractivity contribution in [2.45, 2.75) is 90.9 Å². The second-order valence-electron chi connectivity index (χ2n) is 8.72. The van der Waals surface area contributed by atoms with Gasteiger partial charge in [-0.05, 0) is 59.9 Å². The van der Waals surface area contributed by atoms with Crippen molar-refractivity contribution in [3.63, 3.8) is 0 Å². The first-order valence-electron chi connectivity index (χ1n) is 12.1. The first-order chi connectivity index (χ1) is 15.1. The maximum Gasteiger partial charge on any atom is 0.176 e. The number of hydrogen-bond donors (Lipinski definition) is 0. The summed E-state index contributed by atoms with van der Waals surface area (Å²) in [6.07, 6.45) is 13.7. The third kappa shape index (κ3) is 6.62. The Morgan fingerprint density at radius 3 is 2.00 bits per heavy atom. The lowest BCUT2D eigenvalue weighted by Gasteiger charge is -2.05. The van der Waals surface area contributed by atoms with Crippen molar-refractivity contribution in [3.05, 3.63) is 59.2 Å². The molecule has 0 fully saturated rings. The maximum absolute atomic E-state index is 14.8. The molecule has 0 bridgehead atoms. The molecule has 0 nitrogen and oxygen atoms in total. The molecule has 0 amide bonds. The van der Waals surface area contributed by atoms with Crippen LogP contribution in [0.4, 0.5) is 8.78 Å². The average molecular weight is 443 g/mol. The summed E-state index contributed by atoms with van der Waals surface area (Å²) >= 11 is 1.35. The number of fused-ring (bicyclic) bond motifs is 1. The molecule has 0 radical (unpaired) electrons. The quantitative estimate of drug-likeness (QED) is 0.231. The van der Waals surface area contributed by atoms with E-state index < -0.39 is 11.6 Å². The molecule has 0 saturated heterocycles. The molecule has 0 aliphatic heterocycles. The molecule has 168 valence electrons. The van der Waals surface area contributed by atoms with Crippen LogP contribution < -0.4 is 0 Å². The van der Waals surface area contributed by atoms with E-state index in [2.05, 4.69) is 38.1 Å². The molecule has 0 atom stereocenters. The Kier molecular flexibility index (Phi) is 9.52. The molecule has 31 heavy (non-hydrogen) atoms. The van der Waals surface area contributed by atoms with Gasteiger partial charge in [0.25, 0.3) is 0 Å². The molecule has 3 rings (SSSR count). The van der Waals surface area contributed by atoms with E-state index in [-0.39, 0.29) is 0 Å². The fraction of sp³-hybridized carbons (Fsp3) is 0.500. The minimum atomic E-state index is -0.678. The van der Waals surface area contributed by atoms with Crippen LogP contribution in [-0.4, -0.2) is 0 Å². The zero-order valence-electron chi connectivity index (χ0n) is 19.1. The summed E-state index contributed by atoms with van der Waals surface area (Å²) in [5, 5.41) is 0.823. The second-order valence-corrected chi connectivity index (χ2v) is 9.77. The number of thiophene rings is 1. The monoisotopic (exact) mass is 442 g/mol. The van der Waals surface area contributed by atoms with Crippen LogP contribution in [0.2, 0.25) is 0 Å². The summed E-state index contributed by atoms with van der Waals surface area (Å²) in [6.45, 7) is 4.43. The zero-order valence-corrected chi connectivity index (χ0v) is 19.9. The number of benzene rings is 2. The summed E-state index contributed by atoms with van der Waals surface area (Å²) in [6, 6.07) is 12.5. The summed E-state index contributed by atoms with van der Waals surface area (Å²) in [5.41, 5.74) is 2.95. The number of hydrogen-bond acceptors (Lipinski definition) is 1. The van der Waals surface area contributed by atoms with Crippen LogP contribution in [0, 0.1) is 11.6 Å². The molecule has 1 heterocycles. The first-order valence-corrected chi connectivity index (χ1v) is 13.0. The number of rotatable bonds is 13. The molecular formula is C28H36F2S. The van der Waals surface area contributed by atoms with Crippen LogP contribution in [0.25, 0.3) is 20.5 Å². The predicted octanol–water partition coefficient (Wildman–Crippen LogP) is 9.87. The van der Waals surface area contributed by atoms with Crippen molar-refractivity contribution in [2.24, 2.45) is 0 Å². The summed E-state index contributed by atoms with van der Waals surface area (Å²) < 4.78 is 29.8. The fourth-order valence-corrected chi connectivity index (χ4v) is 5.26. The van der Waals surface area contributed by atoms with E-state index in [1.807, 2.05) is 12.1 Å². The number of halogens is 2. The normalized spacial score (nSPS) is 11.5. The summed E-state index contributed by atoms with van der Waals surface area (Å²) in [7, 11) is 0. The van der Waals surface area contributed by atoms with Gasteiger partial charge in [0.1, 0.15) is 0 Å².